The summed E-state index contributed by atoms with van der Waals surface area (Å²) in [6.07, 6.45) is 0. The fourth-order valence-electron chi connectivity index (χ4n) is 1.59. The van der Waals surface area contributed by atoms with Gasteiger partial charge in [-0.3, -0.25) is 0 Å². The molecule has 0 bridgehead atoms. The van der Waals surface area contributed by atoms with Crippen LogP contribution >= 0.6 is 27.5 Å². The molecule has 2 nitrogen and oxygen atoms in total. The topological polar surface area (TPSA) is 21.3 Å². The molecule has 94 valence electrons. The van der Waals surface area contributed by atoms with Gasteiger partial charge in [0.05, 0.1) is 9.50 Å². The van der Waals surface area contributed by atoms with Crippen molar-refractivity contribution in [1.29, 1.82) is 0 Å². The number of para-hydroxylation sites is 1. The first-order valence-corrected chi connectivity index (χ1v) is 6.73. The van der Waals surface area contributed by atoms with E-state index in [1.54, 1.807) is 0 Å². The Labute approximate surface area is 120 Å². The molecule has 0 atom stereocenters. The maximum atomic E-state index is 6.20. The van der Waals surface area contributed by atoms with Crippen molar-refractivity contribution in [2.24, 2.45) is 0 Å². The van der Waals surface area contributed by atoms with Crippen LogP contribution in [0.2, 0.25) is 5.02 Å². The summed E-state index contributed by atoms with van der Waals surface area (Å²) < 4.78 is 6.68. The molecule has 2 aromatic rings. The first-order chi connectivity index (χ1) is 8.70. The van der Waals surface area contributed by atoms with Crippen LogP contribution in [0.25, 0.3) is 0 Å². The van der Waals surface area contributed by atoms with Crippen LogP contribution in [0.3, 0.4) is 0 Å². The monoisotopic (exact) mass is 325 g/mol. The molecule has 1 N–H and O–H groups in total. The Morgan fingerprint density at radius 2 is 1.94 bits per heavy atom. The molecule has 0 aromatic heterocycles. The second-order valence-corrected chi connectivity index (χ2v) is 5.09. The predicted octanol–water partition coefficient (Wildman–Crippen LogP) is 4.61. The Bertz CT molecular complexity index is 545. The Morgan fingerprint density at radius 1 is 1.17 bits per heavy atom. The molecular formula is C14H13BrClNO. The third-order valence-corrected chi connectivity index (χ3v) is 3.38. The highest BCUT2D eigenvalue weighted by molar-refractivity contribution is 9.10. The first-order valence-electron chi connectivity index (χ1n) is 5.56. The molecule has 0 radical (unpaired) electrons. The fraction of sp³-hybridized carbons (Fsp3) is 0.143. The van der Waals surface area contributed by atoms with Crippen molar-refractivity contribution in [2.75, 3.05) is 7.05 Å². The van der Waals surface area contributed by atoms with Crippen LogP contribution < -0.4 is 10.1 Å². The molecule has 0 aliphatic rings. The highest BCUT2D eigenvalue weighted by Gasteiger charge is 2.06. The largest absolute Gasteiger partial charge is 0.455 e. The van der Waals surface area contributed by atoms with E-state index in [1.165, 1.54) is 0 Å². The third-order valence-electron chi connectivity index (χ3n) is 2.43. The summed E-state index contributed by atoms with van der Waals surface area (Å²) in [5, 5.41) is 3.69. The second kappa shape index (κ2) is 6.23. The fourth-order valence-corrected chi connectivity index (χ4v) is 2.19. The van der Waals surface area contributed by atoms with Gasteiger partial charge >= 0.3 is 0 Å². The van der Waals surface area contributed by atoms with Crippen LogP contribution in [0, 0.1) is 0 Å². The van der Waals surface area contributed by atoms with Crippen molar-refractivity contribution in [3.63, 3.8) is 0 Å². The molecule has 0 unspecified atom stereocenters. The minimum atomic E-state index is 0.610. The Kier molecular flexibility index (Phi) is 4.64. The minimum Gasteiger partial charge on any atom is -0.455 e. The maximum Gasteiger partial charge on any atom is 0.146 e. The van der Waals surface area contributed by atoms with E-state index in [4.69, 9.17) is 16.3 Å². The molecule has 0 heterocycles. The summed E-state index contributed by atoms with van der Waals surface area (Å²) in [6.45, 7) is 0.787. The first kappa shape index (κ1) is 13.4. The number of benzene rings is 2. The highest BCUT2D eigenvalue weighted by Crippen LogP contribution is 2.33. The van der Waals surface area contributed by atoms with E-state index in [0.717, 1.165) is 22.3 Å². The number of hydrogen-bond acceptors (Lipinski definition) is 2. The van der Waals surface area contributed by atoms with Gasteiger partial charge in [0.25, 0.3) is 0 Å². The summed E-state index contributed by atoms with van der Waals surface area (Å²) in [5.74, 6) is 1.41. The smallest absolute Gasteiger partial charge is 0.146 e. The van der Waals surface area contributed by atoms with Gasteiger partial charge in [-0.05, 0) is 52.8 Å². The molecule has 0 spiro atoms. The number of nitrogens with one attached hydrogen (secondary N) is 1. The summed E-state index contributed by atoms with van der Waals surface area (Å²) in [4.78, 5) is 0. The Hall–Kier alpha value is -1.03. The molecule has 0 saturated heterocycles. The van der Waals surface area contributed by atoms with Crippen molar-refractivity contribution in [3.05, 3.63) is 57.5 Å². The van der Waals surface area contributed by atoms with E-state index in [0.29, 0.717) is 10.8 Å². The van der Waals surface area contributed by atoms with Crippen molar-refractivity contribution >= 4 is 27.5 Å². The zero-order chi connectivity index (χ0) is 13.0. The average Bonchev–Trinajstić information content (AvgIpc) is 2.35. The zero-order valence-corrected chi connectivity index (χ0v) is 12.3. The second-order valence-electron chi connectivity index (χ2n) is 3.83. The number of hydrogen-bond donors (Lipinski definition) is 1. The summed E-state index contributed by atoms with van der Waals surface area (Å²) in [6, 6.07) is 13.5. The van der Waals surface area contributed by atoms with E-state index in [2.05, 4.69) is 21.2 Å². The Morgan fingerprint density at radius 3 is 2.61 bits per heavy atom. The lowest BCUT2D eigenvalue weighted by Crippen LogP contribution is -2.04. The van der Waals surface area contributed by atoms with Gasteiger partial charge in [-0.15, -0.1) is 0 Å². The number of rotatable bonds is 4. The van der Waals surface area contributed by atoms with Crippen LogP contribution in [0.1, 0.15) is 5.56 Å². The molecule has 2 aromatic carbocycles. The van der Waals surface area contributed by atoms with Crippen molar-refractivity contribution in [2.45, 2.75) is 6.54 Å². The van der Waals surface area contributed by atoms with E-state index in [1.807, 2.05) is 49.5 Å². The van der Waals surface area contributed by atoms with Gasteiger partial charge in [-0.25, -0.2) is 0 Å². The van der Waals surface area contributed by atoms with Gasteiger partial charge in [0.15, 0.2) is 0 Å². The number of ether oxygens (including phenoxy) is 1. The summed E-state index contributed by atoms with van der Waals surface area (Å²) in [7, 11) is 1.90. The van der Waals surface area contributed by atoms with Crippen LogP contribution in [0.4, 0.5) is 0 Å². The van der Waals surface area contributed by atoms with E-state index in [9.17, 15) is 0 Å². The molecule has 0 aliphatic heterocycles. The van der Waals surface area contributed by atoms with Gasteiger partial charge in [0.1, 0.15) is 11.5 Å². The van der Waals surface area contributed by atoms with E-state index >= 15 is 0 Å². The van der Waals surface area contributed by atoms with Gasteiger partial charge < -0.3 is 10.1 Å². The molecule has 4 heteroatoms. The summed E-state index contributed by atoms with van der Waals surface area (Å²) >= 11 is 9.64. The minimum absolute atomic E-state index is 0.610. The lowest BCUT2D eigenvalue weighted by Gasteiger charge is -2.10. The van der Waals surface area contributed by atoms with Crippen LogP contribution in [-0.2, 0) is 6.54 Å². The van der Waals surface area contributed by atoms with E-state index in [-0.39, 0.29) is 0 Å². The quantitative estimate of drug-likeness (QED) is 0.885. The highest BCUT2D eigenvalue weighted by atomic mass is 79.9. The zero-order valence-electron chi connectivity index (χ0n) is 9.91. The molecule has 18 heavy (non-hydrogen) atoms. The number of halogens is 2. The third kappa shape index (κ3) is 3.25. The van der Waals surface area contributed by atoms with Crippen LogP contribution in [0.5, 0.6) is 11.5 Å². The van der Waals surface area contributed by atoms with Crippen LogP contribution in [-0.4, -0.2) is 7.05 Å². The predicted molar refractivity (Wildman–Crippen MR) is 78.4 cm³/mol. The molecular weight excluding hydrogens is 314 g/mol. The van der Waals surface area contributed by atoms with Crippen LogP contribution in [0.15, 0.2) is 46.9 Å². The van der Waals surface area contributed by atoms with Gasteiger partial charge in [0, 0.05) is 6.54 Å². The molecule has 0 fully saturated rings. The normalized spacial score (nSPS) is 10.4. The average molecular weight is 327 g/mol. The van der Waals surface area contributed by atoms with E-state index < -0.39 is 0 Å². The SMILES string of the molecule is CNCc1ccc(Oc2ccccc2Br)c(Cl)c1. The standard InChI is InChI=1S/C14H13BrClNO/c1-17-9-10-6-7-14(12(16)8-10)18-13-5-3-2-4-11(13)15/h2-8,17H,9H2,1H3. The molecule has 0 amide bonds. The van der Waals surface area contributed by atoms with Crippen molar-refractivity contribution < 1.29 is 4.74 Å². The lowest BCUT2D eigenvalue weighted by molar-refractivity contribution is 0.479. The van der Waals surface area contributed by atoms with Gasteiger partial charge in [-0.2, -0.15) is 0 Å². The summed E-state index contributed by atoms with van der Waals surface area (Å²) in [5.41, 5.74) is 1.13. The molecule has 0 aliphatic carbocycles. The van der Waals surface area contributed by atoms with Gasteiger partial charge in [0.2, 0.25) is 0 Å². The maximum absolute atomic E-state index is 6.20. The lowest BCUT2D eigenvalue weighted by atomic mass is 10.2. The molecule has 2 rings (SSSR count). The Balaban J connectivity index is 2.22. The van der Waals surface area contributed by atoms with Crippen molar-refractivity contribution in [3.8, 4) is 11.5 Å². The van der Waals surface area contributed by atoms with Crippen molar-refractivity contribution in [1.82, 2.24) is 5.32 Å². The molecule has 0 saturated carbocycles. The van der Waals surface area contributed by atoms with Gasteiger partial charge in [-0.1, -0.05) is 29.8 Å².